The molecule has 4 nitrogen and oxygen atoms in total. The van der Waals surface area contributed by atoms with Crippen LogP contribution in [0.15, 0.2) is 46.1 Å². The predicted molar refractivity (Wildman–Crippen MR) is 98.2 cm³/mol. The third-order valence-corrected chi connectivity index (χ3v) is 4.36. The second-order valence-corrected chi connectivity index (χ2v) is 6.68. The summed E-state index contributed by atoms with van der Waals surface area (Å²) in [6, 6.07) is 9.56. The van der Waals surface area contributed by atoms with E-state index in [2.05, 4.69) is 15.6 Å². The van der Waals surface area contributed by atoms with Gasteiger partial charge >= 0.3 is 0 Å². The molecule has 0 aliphatic carbocycles. The van der Waals surface area contributed by atoms with Gasteiger partial charge in [0.15, 0.2) is 5.96 Å². The summed E-state index contributed by atoms with van der Waals surface area (Å²) in [6.45, 7) is 5.50. The highest BCUT2D eigenvalue weighted by atomic mass is 35.5. The molecule has 0 saturated carbocycles. The van der Waals surface area contributed by atoms with Crippen molar-refractivity contribution in [1.82, 2.24) is 10.6 Å². The summed E-state index contributed by atoms with van der Waals surface area (Å²) in [5, 5.41) is 21.6. The first kappa shape index (κ1) is 17.8. The van der Waals surface area contributed by atoms with Crippen molar-refractivity contribution < 1.29 is 5.11 Å². The minimum Gasteiger partial charge on any atom is -0.384 e. The van der Waals surface area contributed by atoms with E-state index in [0.717, 1.165) is 22.7 Å². The van der Waals surface area contributed by atoms with Gasteiger partial charge in [0.05, 0.1) is 13.1 Å². The minimum absolute atomic E-state index is 0.385. The number of nitrogens with zero attached hydrogens (tertiary/aromatic N) is 1. The molecule has 1 atom stereocenters. The molecule has 0 aliphatic rings. The van der Waals surface area contributed by atoms with Crippen molar-refractivity contribution >= 4 is 28.9 Å². The lowest BCUT2D eigenvalue weighted by molar-refractivity contribution is 0.0621. The smallest absolute Gasteiger partial charge is 0.191 e. The molecule has 0 radical (unpaired) electrons. The monoisotopic (exact) mass is 351 g/mol. The molecule has 1 heterocycles. The third-order valence-electron chi connectivity index (χ3n) is 3.42. The molecular weight excluding hydrogens is 330 g/mol. The van der Waals surface area contributed by atoms with E-state index < -0.39 is 5.60 Å². The Morgan fingerprint density at radius 2 is 2.00 bits per heavy atom. The zero-order valence-electron chi connectivity index (χ0n) is 13.3. The first-order chi connectivity index (χ1) is 11.0. The summed E-state index contributed by atoms with van der Waals surface area (Å²) in [5.41, 5.74) is 1.05. The number of hydrogen-bond acceptors (Lipinski definition) is 3. The molecule has 0 bridgehead atoms. The second kappa shape index (κ2) is 8.34. The molecule has 0 aliphatic heterocycles. The van der Waals surface area contributed by atoms with Crippen LogP contribution in [0.5, 0.6) is 0 Å². The van der Waals surface area contributed by atoms with E-state index in [1.165, 1.54) is 0 Å². The molecule has 1 aromatic heterocycles. The topological polar surface area (TPSA) is 56.7 Å². The van der Waals surface area contributed by atoms with Crippen LogP contribution < -0.4 is 10.6 Å². The van der Waals surface area contributed by atoms with Crippen molar-refractivity contribution in [1.29, 1.82) is 0 Å². The lowest BCUT2D eigenvalue weighted by atomic mass is 9.99. The highest BCUT2D eigenvalue weighted by Gasteiger charge is 2.23. The van der Waals surface area contributed by atoms with Gasteiger partial charge in [0.2, 0.25) is 0 Å². The molecule has 0 saturated heterocycles. The number of guanidine groups is 1. The fourth-order valence-corrected chi connectivity index (χ4v) is 2.94. The average molecular weight is 352 g/mol. The highest BCUT2D eigenvalue weighted by molar-refractivity contribution is 7.08. The number of thiophene rings is 1. The molecule has 0 amide bonds. The van der Waals surface area contributed by atoms with Crippen LogP contribution in [0.25, 0.3) is 0 Å². The maximum atomic E-state index is 10.6. The van der Waals surface area contributed by atoms with Crippen molar-refractivity contribution in [3.63, 3.8) is 0 Å². The third kappa shape index (κ3) is 5.53. The molecule has 1 aromatic carbocycles. The number of rotatable bonds is 6. The summed E-state index contributed by atoms with van der Waals surface area (Å²) in [6.07, 6.45) is 0. The van der Waals surface area contributed by atoms with Crippen molar-refractivity contribution in [2.24, 2.45) is 4.99 Å². The molecular formula is C17H22ClN3OS. The van der Waals surface area contributed by atoms with E-state index in [4.69, 9.17) is 11.6 Å². The fourth-order valence-electron chi connectivity index (χ4n) is 2.03. The molecule has 124 valence electrons. The van der Waals surface area contributed by atoms with Gasteiger partial charge in [0.25, 0.3) is 0 Å². The van der Waals surface area contributed by atoms with Crippen molar-refractivity contribution in [3.8, 4) is 0 Å². The Kier molecular flexibility index (Phi) is 6.45. The normalized spacial score (nSPS) is 14.3. The minimum atomic E-state index is -0.934. The van der Waals surface area contributed by atoms with Gasteiger partial charge < -0.3 is 15.7 Å². The van der Waals surface area contributed by atoms with E-state index in [1.807, 2.05) is 48.0 Å². The van der Waals surface area contributed by atoms with Crippen LogP contribution in [0.1, 0.15) is 25.0 Å². The average Bonchev–Trinajstić information content (AvgIpc) is 3.07. The molecule has 2 aromatic rings. The van der Waals surface area contributed by atoms with Crippen LogP contribution in [0.4, 0.5) is 0 Å². The zero-order valence-corrected chi connectivity index (χ0v) is 14.9. The van der Waals surface area contributed by atoms with Crippen LogP contribution in [-0.4, -0.2) is 24.2 Å². The Morgan fingerprint density at radius 3 is 2.61 bits per heavy atom. The quantitative estimate of drug-likeness (QED) is 0.552. The van der Waals surface area contributed by atoms with Crippen LogP contribution in [-0.2, 0) is 12.1 Å². The lowest BCUT2D eigenvalue weighted by Crippen LogP contribution is -2.44. The highest BCUT2D eigenvalue weighted by Crippen LogP contribution is 2.21. The van der Waals surface area contributed by atoms with Crippen LogP contribution in [0.3, 0.4) is 0 Å². The van der Waals surface area contributed by atoms with Gasteiger partial charge in [-0.05, 0) is 53.9 Å². The van der Waals surface area contributed by atoms with E-state index in [-0.39, 0.29) is 0 Å². The molecule has 2 rings (SSSR count). The summed E-state index contributed by atoms with van der Waals surface area (Å²) in [7, 11) is 0. The standard InChI is InChI=1S/C17H22ClN3OS/c1-3-19-16(20-10-13-4-6-15(18)7-5-13)21-12-17(2,22)14-8-9-23-11-14/h4-9,11,22H,3,10,12H2,1-2H3,(H2,19,20,21). The van der Waals surface area contributed by atoms with Crippen LogP contribution >= 0.6 is 22.9 Å². The van der Waals surface area contributed by atoms with Gasteiger partial charge in [-0.2, -0.15) is 11.3 Å². The van der Waals surface area contributed by atoms with E-state index >= 15 is 0 Å². The van der Waals surface area contributed by atoms with Gasteiger partial charge in [0.1, 0.15) is 5.60 Å². The SMILES string of the molecule is CCNC(=NCc1ccc(Cl)cc1)NCC(C)(O)c1ccsc1. The van der Waals surface area contributed by atoms with Crippen LogP contribution in [0.2, 0.25) is 5.02 Å². The van der Waals surface area contributed by atoms with Crippen molar-refractivity contribution in [3.05, 3.63) is 57.2 Å². The summed E-state index contributed by atoms with van der Waals surface area (Å²) < 4.78 is 0. The number of aliphatic imine (C=N–C) groups is 1. The van der Waals surface area contributed by atoms with Gasteiger partial charge in [0, 0.05) is 11.6 Å². The summed E-state index contributed by atoms with van der Waals surface area (Å²) in [5.74, 6) is 0.679. The Morgan fingerprint density at radius 1 is 1.26 bits per heavy atom. The molecule has 0 spiro atoms. The van der Waals surface area contributed by atoms with E-state index in [1.54, 1.807) is 18.3 Å². The number of halogens is 1. The Labute approximate surface area is 146 Å². The van der Waals surface area contributed by atoms with Crippen molar-refractivity contribution in [2.75, 3.05) is 13.1 Å². The summed E-state index contributed by atoms with van der Waals surface area (Å²) in [4.78, 5) is 4.54. The van der Waals surface area contributed by atoms with Crippen LogP contribution in [0, 0.1) is 0 Å². The molecule has 23 heavy (non-hydrogen) atoms. The number of nitrogens with one attached hydrogen (secondary N) is 2. The second-order valence-electron chi connectivity index (χ2n) is 5.46. The Bertz CT molecular complexity index is 624. The maximum absolute atomic E-state index is 10.6. The molecule has 1 unspecified atom stereocenters. The predicted octanol–water partition coefficient (Wildman–Crippen LogP) is 3.36. The van der Waals surface area contributed by atoms with Crippen molar-refractivity contribution in [2.45, 2.75) is 26.0 Å². The first-order valence-corrected chi connectivity index (χ1v) is 8.85. The van der Waals surface area contributed by atoms with Gasteiger partial charge in [-0.3, -0.25) is 0 Å². The van der Waals surface area contributed by atoms with Gasteiger partial charge in [-0.15, -0.1) is 0 Å². The maximum Gasteiger partial charge on any atom is 0.191 e. The van der Waals surface area contributed by atoms with E-state index in [0.29, 0.717) is 19.0 Å². The zero-order chi connectivity index (χ0) is 16.7. The number of aliphatic hydroxyl groups is 1. The fraction of sp³-hybridized carbons (Fsp3) is 0.353. The lowest BCUT2D eigenvalue weighted by Gasteiger charge is -2.24. The van der Waals surface area contributed by atoms with Gasteiger partial charge in [-0.1, -0.05) is 23.7 Å². The number of hydrogen-bond donors (Lipinski definition) is 3. The Hall–Kier alpha value is -1.56. The number of benzene rings is 1. The summed E-state index contributed by atoms with van der Waals surface area (Å²) >= 11 is 7.46. The molecule has 0 fully saturated rings. The van der Waals surface area contributed by atoms with Gasteiger partial charge in [-0.25, -0.2) is 4.99 Å². The first-order valence-electron chi connectivity index (χ1n) is 7.53. The largest absolute Gasteiger partial charge is 0.384 e. The molecule has 6 heteroatoms. The van der Waals surface area contributed by atoms with E-state index in [9.17, 15) is 5.11 Å². The molecule has 3 N–H and O–H groups in total. The Balaban J connectivity index is 1.97.